The van der Waals surface area contributed by atoms with Gasteiger partial charge in [0.25, 0.3) is 0 Å². The third-order valence-corrected chi connectivity index (χ3v) is 4.69. The molecule has 0 aliphatic rings. The normalized spacial score (nSPS) is 10.6. The summed E-state index contributed by atoms with van der Waals surface area (Å²) in [7, 11) is 3.51. The Labute approximate surface area is 188 Å². The Hall–Kier alpha value is -4.06. The average Bonchev–Trinajstić information content (AvgIpc) is 2.78. The van der Waals surface area contributed by atoms with Gasteiger partial charge < -0.3 is 19.7 Å². The third kappa shape index (κ3) is 6.47. The average molecular weight is 431 g/mol. The highest BCUT2D eigenvalue weighted by atomic mass is 16.6. The van der Waals surface area contributed by atoms with Gasteiger partial charge in [-0.15, -0.1) is 0 Å². The fourth-order valence-corrected chi connectivity index (χ4v) is 3.16. The number of carbonyl (C=O) groups is 2. The molecule has 0 aliphatic carbocycles. The number of amides is 1. The molecule has 0 heterocycles. The number of benzene rings is 3. The van der Waals surface area contributed by atoms with Crippen LogP contribution >= 0.6 is 0 Å². The first kappa shape index (κ1) is 22.6. The zero-order chi connectivity index (χ0) is 22.9. The Morgan fingerprint density at radius 3 is 2.47 bits per heavy atom. The van der Waals surface area contributed by atoms with Crippen LogP contribution in [0, 0.1) is 0 Å². The highest BCUT2D eigenvalue weighted by molar-refractivity contribution is 6.02. The van der Waals surface area contributed by atoms with Crippen molar-refractivity contribution in [3.05, 3.63) is 90.0 Å². The second kappa shape index (κ2) is 10.8. The molecule has 6 nitrogen and oxygen atoms in total. The minimum Gasteiger partial charge on any atom is -0.493 e. The van der Waals surface area contributed by atoms with Gasteiger partial charge in [-0.25, -0.2) is 0 Å². The van der Waals surface area contributed by atoms with Crippen molar-refractivity contribution in [2.45, 2.75) is 13.5 Å². The number of hydrogen-bond donors (Lipinski definition) is 1. The van der Waals surface area contributed by atoms with Crippen molar-refractivity contribution in [3.63, 3.8) is 0 Å². The highest BCUT2D eigenvalue weighted by Gasteiger charge is 2.08. The summed E-state index contributed by atoms with van der Waals surface area (Å²) < 4.78 is 10.3. The number of hydrogen-bond acceptors (Lipinski definition) is 5. The van der Waals surface area contributed by atoms with Gasteiger partial charge in [0, 0.05) is 38.0 Å². The van der Waals surface area contributed by atoms with E-state index in [1.54, 1.807) is 24.3 Å². The standard InChI is InChI=1S/C26H26N2O4/c1-19(29)32-25-16-20(12-14-24(25)31-3)13-15-26(30)27-22-10-7-11-23(17-22)28(2)18-21-8-5-4-6-9-21/h4-17H,18H2,1-3H3,(H,27,30)/b15-13+. The van der Waals surface area contributed by atoms with Gasteiger partial charge >= 0.3 is 5.97 Å². The zero-order valence-electron chi connectivity index (χ0n) is 18.4. The van der Waals surface area contributed by atoms with Crippen molar-refractivity contribution < 1.29 is 19.1 Å². The van der Waals surface area contributed by atoms with E-state index in [1.165, 1.54) is 25.7 Å². The number of anilines is 2. The van der Waals surface area contributed by atoms with Gasteiger partial charge in [-0.05, 0) is 47.5 Å². The summed E-state index contributed by atoms with van der Waals surface area (Å²) in [6.07, 6.45) is 3.08. The minimum absolute atomic E-state index is 0.266. The second-order valence-corrected chi connectivity index (χ2v) is 7.22. The maximum Gasteiger partial charge on any atom is 0.308 e. The van der Waals surface area contributed by atoms with E-state index in [1.807, 2.05) is 49.5 Å². The molecule has 0 radical (unpaired) electrons. The molecule has 0 unspecified atom stereocenters. The van der Waals surface area contributed by atoms with Crippen LogP contribution in [0.15, 0.2) is 78.9 Å². The second-order valence-electron chi connectivity index (χ2n) is 7.22. The number of methoxy groups -OCH3 is 1. The van der Waals surface area contributed by atoms with E-state index in [-0.39, 0.29) is 5.91 Å². The van der Waals surface area contributed by atoms with Crippen molar-refractivity contribution in [2.24, 2.45) is 0 Å². The number of nitrogens with one attached hydrogen (secondary N) is 1. The van der Waals surface area contributed by atoms with Gasteiger partial charge in [0.05, 0.1) is 7.11 Å². The molecule has 164 valence electrons. The molecular weight excluding hydrogens is 404 g/mol. The van der Waals surface area contributed by atoms with Crippen LogP contribution in [-0.2, 0) is 16.1 Å². The first-order valence-electron chi connectivity index (χ1n) is 10.2. The molecule has 0 bridgehead atoms. The number of rotatable bonds is 8. The van der Waals surface area contributed by atoms with Crippen molar-refractivity contribution in [2.75, 3.05) is 24.4 Å². The first-order valence-corrected chi connectivity index (χ1v) is 10.2. The van der Waals surface area contributed by atoms with Crippen LogP contribution in [-0.4, -0.2) is 26.0 Å². The molecule has 0 atom stereocenters. The molecule has 0 spiro atoms. The molecule has 32 heavy (non-hydrogen) atoms. The Morgan fingerprint density at radius 1 is 0.969 bits per heavy atom. The van der Waals surface area contributed by atoms with Crippen LogP contribution in [0.5, 0.6) is 11.5 Å². The molecule has 3 aromatic rings. The van der Waals surface area contributed by atoms with Crippen LogP contribution in [0.25, 0.3) is 6.08 Å². The largest absolute Gasteiger partial charge is 0.493 e. The highest BCUT2D eigenvalue weighted by Crippen LogP contribution is 2.28. The number of carbonyl (C=O) groups excluding carboxylic acids is 2. The zero-order valence-corrected chi connectivity index (χ0v) is 18.4. The summed E-state index contributed by atoms with van der Waals surface area (Å²) in [6.45, 7) is 2.08. The predicted octanol–water partition coefficient (Wildman–Crippen LogP) is 4.91. The molecule has 0 saturated heterocycles. The van der Waals surface area contributed by atoms with E-state index in [0.29, 0.717) is 22.7 Å². The van der Waals surface area contributed by atoms with Crippen molar-refractivity contribution in [1.29, 1.82) is 0 Å². The van der Waals surface area contributed by atoms with Crippen LogP contribution < -0.4 is 19.7 Å². The molecule has 0 aliphatic heterocycles. The van der Waals surface area contributed by atoms with Crippen LogP contribution in [0.1, 0.15) is 18.1 Å². The van der Waals surface area contributed by atoms with E-state index in [9.17, 15) is 9.59 Å². The number of nitrogens with zero attached hydrogens (tertiary/aromatic N) is 1. The lowest BCUT2D eigenvalue weighted by atomic mass is 10.2. The van der Waals surface area contributed by atoms with Gasteiger partial charge in [0.1, 0.15) is 0 Å². The minimum atomic E-state index is -0.445. The summed E-state index contributed by atoms with van der Waals surface area (Å²) in [5.41, 5.74) is 3.61. The topological polar surface area (TPSA) is 67.9 Å². The van der Waals surface area contributed by atoms with Crippen LogP contribution in [0.3, 0.4) is 0 Å². The van der Waals surface area contributed by atoms with E-state index in [0.717, 1.165) is 12.2 Å². The smallest absolute Gasteiger partial charge is 0.308 e. The van der Waals surface area contributed by atoms with Crippen molar-refractivity contribution >= 4 is 29.3 Å². The maximum absolute atomic E-state index is 12.4. The van der Waals surface area contributed by atoms with Crippen LogP contribution in [0.2, 0.25) is 0 Å². The number of ether oxygens (including phenoxy) is 2. The molecule has 1 amide bonds. The molecule has 0 aromatic heterocycles. The van der Waals surface area contributed by atoms with Crippen LogP contribution in [0.4, 0.5) is 11.4 Å². The Morgan fingerprint density at radius 2 is 1.75 bits per heavy atom. The third-order valence-electron chi connectivity index (χ3n) is 4.69. The number of esters is 1. The SMILES string of the molecule is COc1ccc(/C=C/C(=O)Nc2cccc(N(C)Cc3ccccc3)c2)cc1OC(C)=O. The van der Waals surface area contributed by atoms with Crippen molar-refractivity contribution in [1.82, 2.24) is 0 Å². The molecule has 0 fully saturated rings. The van der Waals surface area contributed by atoms with E-state index in [2.05, 4.69) is 22.3 Å². The predicted molar refractivity (Wildman–Crippen MR) is 127 cm³/mol. The van der Waals surface area contributed by atoms with Gasteiger partial charge in [-0.2, -0.15) is 0 Å². The monoisotopic (exact) mass is 430 g/mol. The molecular formula is C26H26N2O4. The quantitative estimate of drug-likeness (QED) is 0.312. The summed E-state index contributed by atoms with van der Waals surface area (Å²) in [5.74, 6) is 0.0342. The van der Waals surface area contributed by atoms with E-state index in [4.69, 9.17) is 9.47 Å². The van der Waals surface area contributed by atoms with Gasteiger partial charge in [-0.3, -0.25) is 9.59 Å². The Bertz CT molecular complexity index is 1110. The Balaban J connectivity index is 1.65. The summed E-state index contributed by atoms with van der Waals surface area (Å²) in [4.78, 5) is 25.8. The summed E-state index contributed by atoms with van der Waals surface area (Å²) >= 11 is 0. The molecule has 3 rings (SSSR count). The summed E-state index contributed by atoms with van der Waals surface area (Å²) in [5, 5.41) is 2.88. The molecule has 6 heteroatoms. The lowest BCUT2D eigenvalue weighted by Gasteiger charge is -2.20. The lowest BCUT2D eigenvalue weighted by Crippen LogP contribution is -2.16. The molecule has 0 saturated carbocycles. The fourth-order valence-electron chi connectivity index (χ4n) is 3.16. The maximum atomic E-state index is 12.4. The molecule has 3 aromatic carbocycles. The van der Waals surface area contributed by atoms with E-state index < -0.39 is 5.97 Å². The van der Waals surface area contributed by atoms with Gasteiger partial charge in [-0.1, -0.05) is 42.5 Å². The van der Waals surface area contributed by atoms with Gasteiger partial charge in [0.15, 0.2) is 11.5 Å². The Kier molecular flexibility index (Phi) is 7.65. The first-order chi connectivity index (χ1) is 15.4. The fraction of sp³-hybridized carbons (Fsp3) is 0.154. The molecule has 1 N–H and O–H groups in total. The van der Waals surface area contributed by atoms with E-state index >= 15 is 0 Å². The van der Waals surface area contributed by atoms with Gasteiger partial charge in [0.2, 0.25) is 5.91 Å². The van der Waals surface area contributed by atoms with Crippen molar-refractivity contribution in [3.8, 4) is 11.5 Å². The lowest BCUT2D eigenvalue weighted by molar-refractivity contribution is -0.132. The summed E-state index contributed by atoms with van der Waals surface area (Å²) in [6, 6.07) is 23.0.